The molecule has 0 spiro atoms. The van der Waals surface area contributed by atoms with Crippen LogP contribution >= 0.6 is 0 Å². The van der Waals surface area contributed by atoms with Crippen molar-refractivity contribution in [3.63, 3.8) is 0 Å². The van der Waals surface area contributed by atoms with Gasteiger partial charge >= 0.3 is 0 Å². The maximum absolute atomic E-state index is 13.1. The number of nitrogens with zero attached hydrogens (tertiary/aromatic N) is 1. The molecule has 0 unspecified atom stereocenters. The second-order valence-corrected chi connectivity index (χ2v) is 6.46. The molecule has 4 nitrogen and oxygen atoms in total. The first-order chi connectivity index (χ1) is 10.6. The zero-order valence-electron chi connectivity index (χ0n) is 13.1. The molecule has 2 bridgehead atoms. The number of carbonyl (C=O) groups excluding carboxylic acids is 1. The van der Waals surface area contributed by atoms with Gasteiger partial charge in [-0.25, -0.2) is 4.39 Å². The van der Waals surface area contributed by atoms with E-state index in [1.165, 1.54) is 12.1 Å². The summed E-state index contributed by atoms with van der Waals surface area (Å²) < 4.78 is 18.1. The molecular weight excluding hydrogens is 283 g/mol. The summed E-state index contributed by atoms with van der Waals surface area (Å²) in [6.45, 7) is 0.236. The number of nitrogens with one attached hydrogen (secondary N) is 1. The fourth-order valence-corrected chi connectivity index (χ4v) is 4.12. The van der Waals surface area contributed by atoms with E-state index >= 15 is 0 Å². The van der Waals surface area contributed by atoms with Gasteiger partial charge in [0.15, 0.2) is 0 Å². The van der Waals surface area contributed by atoms with Gasteiger partial charge in [0, 0.05) is 13.2 Å². The first-order valence-corrected chi connectivity index (χ1v) is 7.82. The van der Waals surface area contributed by atoms with Crippen LogP contribution in [0.1, 0.15) is 37.2 Å². The van der Waals surface area contributed by atoms with Gasteiger partial charge in [-0.1, -0.05) is 12.1 Å². The highest BCUT2D eigenvalue weighted by Gasteiger charge is 2.54. The van der Waals surface area contributed by atoms with Gasteiger partial charge in [-0.15, -0.1) is 0 Å². The van der Waals surface area contributed by atoms with Gasteiger partial charge < -0.3 is 10.1 Å². The summed E-state index contributed by atoms with van der Waals surface area (Å²) >= 11 is 0. The number of halogens is 1. The minimum atomic E-state index is -0.458. The van der Waals surface area contributed by atoms with Crippen LogP contribution in [0.4, 0.5) is 4.39 Å². The van der Waals surface area contributed by atoms with E-state index in [1.54, 1.807) is 7.11 Å². The second-order valence-electron chi connectivity index (χ2n) is 6.46. The van der Waals surface area contributed by atoms with Gasteiger partial charge in [0.05, 0.1) is 0 Å². The number of piperidine rings is 1. The van der Waals surface area contributed by atoms with E-state index in [-0.39, 0.29) is 18.5 Å². The summed E-state index contributed by atoms with van der Waals surface area (Å²) in [7, 11) is 3.62. The summed E-state index contributed by atoms with van der Waals surface area (Å²) in [6.07, 6.45) is 3.72. The van der Waals surface area contributed by atoms with Gasteiger partial charge in [0.2, 0.25) is 5.91 Å². The van der Waals surface area contributed by atoms with Crippen LogP contribution in [0.25, 0.3) is 0 Å². The molecule has 0 saturated carbocycles. The predicted molar refractivity (Wildman–Crippen MR) is 81.9 cm³/mol. The highest BCUT2D eigenvalue weighted by atomic mass is 19.1. The Balaban J connectivity index is 1.83. The molecule has 2 heterocycles. The number of likely N-dealkylation sites (N-methyl/N-ethyl adjacent to an activating group) is 1. The highest BCUT2D eigenvalue weighted by Crippen LogP contribution is 2.48. The number of rotatable bonds is 4. The molecule has 2 aliphatic rings. The lowest BCUT2D eigenvalue weighted by Crippen LogP contribution is -2.59. The van der Waals surface area contributed by atoms with Gasteiger partial charge in [0.25, 0.3) is 0 Å². The molecule has 1 aromatic carbocycles. The third-order valence-electron chi connectivity index (χ3n) is 5.40. The number of benzene rings is 1. The van der Waals surface area contributed by atoms with Gasteiger partial charge in [0.1, 0.15) is 18.1 Å². The summed E-state index contributed by atoms with van der Waals surface area (Å²) in [6, 6.07) is 7.13. The first-order valence-electron chi connectivity index (χ1n) is 7.82. The second kappa shape index (κ2) is 5.97. The quantitative estimate of drug-likeness (QED) is 0.868. The van der Waals surface area contributed by atoms with E-state index in [0.29, 0.717) is 12.0 Å². The van der Waals surface area contributed by atoms with Crippen LogP contribution in [0, 0.1) is 5.82 Å². The Morgan fingerprint density at radius 3 is 2.86 bits per heavy atom. The maximum atomic E-state index is 13.1. The molecule has 2 fully saturated rings. The number of ether oxygens (including phenoxy) is 1. The largest absolute Gasteiger partial charge is 0.364 e. The van der Waals surface area contributed by atoms with Crippen molar-refractivity contribution in [3.05, 3.63) is 35.6 Å². The zero-order valence-corrected chi connectivity index (χ0v) is 13.1. The van der Waals surface area contributed by atoms with Crippen LogP contribution in [-0.4, -0.2) is 43.3 Å². The van der Waals surface area contributed by atoms with Crippen LogP contribution in [0.5, 0.6) is 0 Å². The predicted octanol–water partition coefficient (Wildman–Crippen LogP) is 2.26. The summed E-state index contributed by atoms with van der Waals surface area (Å²) in [5.41, 5.74) is 0.672. The Hall–Kier alpha value is -1.46. The van der Waals surface area contributed by atoms with Gasteiger partial charge in [-0.2, -0.15) is 0 Å². The maximum Gasteiger partial charge on any atom is 0.242 e. The normalized spacial score (nSPS) is 31.2. The molecule has 22 heavy (non-hydrogen) atoms. The van der Waals surface area contributed by atoms with Crippen LogP contribution in [0.15, 0.2) is 24.3 Å². The van der Waals surface area contributed by atoms with E-state index < -0.39 is 5.54 Å². The molecule has 120 valence electrons. The highest BCUT2D eigenvalue weighted by molar-refractivity contribution is 5.87. The molecule has 0 aliphatic carbocycles. The average Bonchev–Trinajstić information content (AvgIpc) is 2.73. The number of hydrogen-bond donors (Lipinski definition) is 1. The molecule has 5 heteroatoms. The van der Waals surface area contributed by atoms with E-state index in [2.05, 4.69) is 10.2 Å². The first kappa shape index (κ1) is 15.4. The monoisotopic (exact) mass is 306 g/mol. The van der Waals surface area contributed by atoms with Crippen molar-refractivity contribution < 1.29 is 13.9 Å². The minimum absolute atomic E-state index is 0.0474. The minimum Gasteiger partial charge on any atom is -0.364 e. The fourth-order valence-electron chi connectivity index (χ4n) is 4.12. The van der Waals surface area contributed by atoms with E-state index in [0.717, 1.165) is 31.2 Å². The lowest BCUT2D eigenvalue weighted by Gasteiger charge is -2.44. The Morgan fingerprint density at radius 1 is 1.45 bits per heavy atom. The zero-order chi connectivity index (χ0) is 15.7. The molecule has 3 atom stereocenters. The van der Waals surface area contributed by atoms with Crippen molar-refractivity contribution >= 4 is 5.91 Å². The lowest BCUT2D eigenvalue weighted by molar-refractivity contribution is -0.135. The molecule has 2 saturated heterocycles. The number of fused-ring (bicyclic) bond motifs is 2. The van der Waals surface area contributed by atoms with Crippen LogP contribution in [0.2, 0.25) is 0 Å². The summed E-state index contributed by atoms with van der Waals surface area (Å²) in [5, 5.41) is 2.87. The Bertz CT molecular complexity index is 548. The Morgan fingerprint density at radius 2 is 2.18 bits per heavy atom. The van der Waals surface area contributed by atoms with Crippen molar-refractivity contribution in [2.75, 3.05) is 20.9 Å². The molecule has 0 aromatic heterocycles. The molecule has 1 aromatic rings. The third kappa shape index (κ3) is 2.52. The van der Waals surface area contributed by atoms with Crippen LogP contribution in [0.3, 0.4) is 0 Å². The van der Waals surface area contributed by atoms with Crippen molar-refractivity contribution in [1.29, 1.82) is 0 Å². The van der Waals surface area contributed by atoms with Crippen molar-refractivity contribution in [2.45, 2.75) is 43.2 Å². The lowest BCUT2D eigenvalue weighted by atomic mass is 9.78. The molecule has 1 N–H and O–H groups in total. The standard InChI is InChI=1S/C17H23FN2O2/c1-20-15-7-8-17(20,16(21)19-11-22-2)10-13(9-15)12-3-5-14(18)6-4-12/h3-6,13,15H,7-11H2,1-2H3,(H,19,21)/t13-,15+,17-/m1/s1. The van der Waals surface area contributed by atoms with Crippen LogP contribution in [-0.2, 0) is 9.53 Å². The van der Waals surface area contributed by atoms with E-state index in [4.69, 9.17) is 4.74 Å². The number of hydrogen-bond acceptors (Lipinski definition) is 3. The molecule has 0 radical (unpaired) electrons. The molecular formula is C17H23FN2O2. The molecule has 3 rings (SSSR count). The van der Waals surface area contributed by atoms with Gasteiger partial charge in [-0.3, -0.25) is 9.69 Å². The third-order valence-corrected chi connectivity index (χ3v) is 5.40. The Kier molecular flexibility index (Phi) is 4.19. The number of amides is 1. The smallest absolute Gasteiger partial charge is 0.242 e. The van der Waals surface area contributed by atoms with Gasteiger partial charge in [-0.05, 0) is 56.3 Å². The average molecular weight is 306 g/mol. The Labute approximate surface area is 130 Å². The fraction of sp³-hybridized carbons (Fsp3) is 0.588. The SMILES string of the molecule is COCNC(=O)[C@@]12CC[C@@H](C[C@@H](c3ccc(F)cc3)C1)N2C. The molecule has 2 aliphatic heterocycles. The van der Waals surface area contributed by atoms with E-state index in [9.17, 15) is 9.18 Å². The van der Waals surface area contributed by atoms with Crippen molar-refractivity contribution in [3.8, 4) is 0 Å². The van der Waals surface area contributed by atoms with Crippen molar-refractivity contribution in [2.24, 2.45) is 0 Å². The number of carbonyl (C=O) groups is 1. The number of methoxy groups -OCH3 is 1. The summed E-state index contributed by atoms with van der Waals surface area (Å²) in [4.78, 5) is 14.9. The van der Waals surface area contributed by atoms with Crippen LogP contribution < -0.4 is 5.32 Å². The topological polar surface area (TPSA) is 41.6 Å². The van der Waals surface area contributed by atoms with Crippen molar-refractivity contribution in [1.82, 2.24) is 10.2 Å². The summed E-state index contributed by atoms with van der Waals surface area (Å²) in [5.74, 6) is 0.135. The van der Waals surface area contributed by atoms with E-state index in [1.807, 2.05) is 19.2 Å². The molecule has 1 amide bonds.